The van der Waals surface area contributed by atoms with Crippen molar-refractivity contribution in [2.45, 2.75) is 6.18 Å². The molecular weight excluding hydrogens is 445 g/mol. The van der Waals surface area contributed by atoms with E-state index < -0.39 is 11.7 Å². The molecule has 0 unspecified atom stereocenters. The van der Waals surface area contributed by atoms with Gasteiger partial charge in [-0.1, -0.05) is 36.4 Å². The first-order valence-corrected chi connectivity index (χ1v) is 9.92. The van der Waals surface area contributed by atoms with Gasteiger partial charge in [-0.3, -0.25) is 4.79 Å². The van der Waals surface area contributed by atoms with E-state index in [1.807, 2.05) is 12.1 Å². The number of alkyl halides is 3. The van der Waals surface area contributed by atoms with Crippen LogP contribution in [-0.4, -0.2) is 5.78 Å². The van der Waals surface area contributed by atoms with E-state index in [0.29, 0.717) is 33.6 Å². The number of nitrogens with zero attached hydrogens (tertiary/aromatic N) is 2. The molecule has 0 fully saturated rings. The number of benzene rings is 2. The molecule has 2 aromatic carbocycles. The summed E-state index contributed by atoms with van der Waals surface area (Å²) >= 11 is 0. The van der Waals surface area contributed by atoms with Crippen molar-refractivity contribution in [3.05, 3.63) is 94.3 Å². The SMILES string of the molecule is N#CC(C#N)=C1/C(=C/c2cc3oc(-c4ccc(C(F)(F)F)cc4)cc3o2)C(=O)c2ccccc21. The van der Waals surface area contributed by atoms with Gasteiger partial charge in [0.25, 0.3) is 0 Å². The lowest BCUT2D eigenvalue weighted by atomic mass is 9.99. The van der Waals surface area contributed by atoms with Crippen molar-refractivity contribution < 1.29 is 26.8 Å². The molecule has 1 aliphatic carbocycles. The summed E-state index contributed by atoms with van der Waals surface area (Å²) < 4.78 is 49.8. The molecular formula is C26H11F3N2O3. The molecule has 0 aliphatic heterocycles. The Kier molecular flexibility index (Phi) is 4.73. The van der Waals surface area contributed by atoms with Gasteiger partial charge in [0.1, 0.15) is 29.2 Å². The summed E-state index contributed by atoms with van der Waals surface area (Å²) in [5.74, 6) is 0.242. The van der Waals surface area contributed by atoms with E-state index >= 15 is 0 Å². The highest BCUT2D eigenvalue weighted by molar-refractivity contribution is 6.29. The quantitative estimate of drug-likeness (QED) is 0.245. The highest BCUT2D eigenvalue weighted by Gasteiger charge is 2.33. The first kappa shape index (κ1) is 21.0. The first-order valence-electron chi connectivity index (χ1n) is 9.92. The predicted molar refractivity (Wildman–Crippen MR) is 116 cm³/mol. The van der Waals surface area contributed by atoms with E-state index in [2.05, 4.69) is 0 Å². The van der Waals surface area contributed by atoms with Crippen LogP contribution in [0.2, 0.25) is 0 Å². The van der Waals surface area contributed by atoms with Crippen LogP contribution in [0.5, 0.6) is 0 Å². The van der Waals surface area contributed by atoms with Crippen LogP contribution in [0.1, 0.15) is 27.2 Å². The van der Waals surface area contributed by atoms with Gasteiger partial charge in [-0.25, -0.2) is 0 Å². The fourth-order valence-corrected chi connectivity index (χ4v) is 3.88. The Labute approximate surface area is 190 Å². The largest absolute Gasteiger partial charge is 0.453 e. The molecule has 0 amide bonds. The zero-order valence-electron chi connectivity index (χ0n) is 17.1. The number of rotatable bonds is 2. The first-order chi connectivity index (χ1) is 16.3. The smallest absolute Gasteiger partial charge is 0.416 e. The van der Waals surface area contributed by atoms with E-state index in [9.17, 15) is 28.5 Å². The summed E-state index contributed by atoms with van der Waals surface area (Å²) in [4.78, 5) is 13.0. The van der Waals surface area contributed by atoms with Gasteiger partial charge in [-0.15, -0.1) is 0 Å². The number of ketones is 1. The van der Waals surface area contributed by atoms with E-state index in [1.54, 1.807) is 24.3 Å². The van der Waals surface area contributed by atoms with Gasteiger partial charge in [0, 0.05) is 34.4 Å². The molecule has 164 valence electrons. The Morgan fingerprint density at radius 2 is 1.53 bits per heavy atom. The lowest BCUT2D eigenvalue weighted by Gasteiger charge is -2.06. The fraction of sp³-hybridized carbons (Fsp3) is 0.0385. The van der Waals surface area contributed by atoms with E-state index in [-0.39, 0.29) is 28.3 Å². The third-order valence-electron chi connectivity index (χ3n) is 5.44. The van der Waals surface area contributed by atoms with Crippen LogP contribution in [0.25, 0.3) is 34.1 Å². The number of fused-ring (bicyclic) bond motifs is 2. The molecule has 0 saturated carbocycles. The average Bonchev–Trinajstić information content (AvgIpc) is 3.46. The lowest BCUT2D eigenvalue weighted by molar-refractivity contribution is -0.137. The van der Waals surface area contributed by atoms with E-state index in [1.165, 1.54) is 30.3 Å². The molecule has 0 spiro atoms. The highest BCUT2D eigenvalue weighted by atomic mass is 19.4. The van der Waals surface area contributed by atoms with Crippen LogP contribution >= 0.6 is 0 Å². The minimum atomic E-state index is -4.43. The molecule has 0 N–H and O–H groups in total. The Bertz CT molecular complexity index is 1570. The number of allylic oxidation sites excluding steroid dienone is 3. The molecule has 0 radical (unpaired) electrons. The molecule has 2 heterocycles. The Morgan fingerprint density at radius 3 is 2.15 bits per heavy atom. The number of hydrogen-bond donors (Lipinski definition) is 0. The summed E-state index contributed by atoms with van der Waals surface area (Å²) in [6.45, 7) is 0. The lowest BCUT2D eigenvalue weighted by Crippen LogP contribution is -2.03. The third-order valence-corrected chi connectivity index (χ3v) is 5.44. The van der Waals surface area contributed by atoms with Crippen molar-refractivity contribution in [3.63, 3.8) is 0 Å². The van der Waals surface area contributed by atoms with E-state index in [4.69, 9.17) is 8.83 Å². The van der Waals surface area contributed by atoms with Crippen molar-refractivity contribution in [2.24, 2.45) is 0 Å². The average molecular weight is 456 g/mol. The van der Waals surface area contributed by atoms with E-state index in [0.717, 1.165) is 12.1 Å². The maximum Gasteiger partial charge on any atom is 0.416 e. The van der Waals surface area contributed by atoms with Gasteiger partial charge in [0.2, 0.25) is 0 Å². The zero-order chi connectivity index (χ0) is 24.0. The predicted octanol–water partition coefficient (Wildman–Crippen LogP) is 6.79. The number of carbonyl (C=O) groups excluding carboxylic acids is 1. The molecule has 8 heteroatoms. The number of halogens is 3. The Hall–Kier alpha value is -4.82. The molecule has 5 nitrogen and oxygen atoms in total. The van der Waals surface area contributed by atoms with Gasteiger partial charge >= 0.3 is 6.18 Å². The van der Waals surface area contributed by atoms with Crippen molar-refractivity contribution in [3.8, 4) is 23.5 Å². The van der Waals surface area contributed by atoms with Crippen molar-refractivity contribution in [1.82, 2.24) is 0 Å². The normalized spacial score (nSPS) is 14.3. The van der Waals surface area contributed by atoms with Crippen molar-refractivity contribution >= 4 is 28.6 Å². The van der Waals surface area contributed by atoms with Crippen LogP contribution in [0, 0.1) is 22.7 Å². The van der Waals surface area contributed by atoms with Crippen LogP contribution in [0.3, 0.4) is 0 Å². The summed E-state index contributed by atoms with van der Waals surface area (Å²) in [6, 6.07) is 18.0. The topological polar surface area (TPSA) is 90.9 Å². The standard InChI is InChI=1S/C26H11F3N2O3/c27-26(28,29)16-7-5-14(6-8-16)21-11-23-22(34-21)10-17(33-23)9-20-24(15(12-30)13-31)18-3-1-2-4-19(18)25(20)32/h1-11H/b20-9-. The second-order valence-electron chi connectivity index (χ2n) is 7.47. The third kappa shape index (κ3) is 3.39. The number of hydrogen-bond acceptors (Lipinski definition) is 5. The van der Waals surface area contributed by atoms with Crippen molar-refractivity contribution in [1.29, 1.82) is 10.5 Å². The minimum absolute atomic E-state index is 0.152. The minimum Gasteiger partial charge on any atom is -0.453 e. The highest BCUT2D eigenvalue weighted by Crippen LogP contribution is 2.40. The van der Waals surface area contributed by atoms with Crippen LogP contribution in [-0.2, 0) is 6.18 Å². The van der Waals surface area contributed by atoms with Gasteiger partial charge in [-0.2, -0.15) is 23.7 Å². The second kappa shape index (κ2) is 7.65. The van der Waals surface area contributed by atoms with Crippen LogP contribution in [0.15, 0.2) is 80.6 Å². The maximum absolute atomic E-state index is 13.0. The number of furan rings is 2. The van der Waals surface area contributed by atoms with Crippen LogP contribution in [0.4, 0.5) is 13.2 Å². The molecule has 5 rings (SSSR count). The summed E-state index contributed by atoms with van der Waals surface area (Å²) in [7, 11) is 0. The maximum atomic E-state index is 13.0. The number of Topliss-reactive ketones (excluding diaryl/α,β-unsaturated/α-hetero) is 1. The Morgan fingerprint density at radius 1 is 0.882 bits per heavy atom. The molecule has 34 heavy (non-hydrogen) atoms. The molecule has 0 saturated heterocycles. The molecule has 2 aromatic heterocycles. The van der Waals surface area contributed by atoms with Gasteiger partial charge in [0.05, 0.1) is 5.56 Å². The van der Waals surface area contributed by atoms with Gasteiger partial charge in [0.15, 0.2) is 16.9 Å². The fourth-order valence-electron chi connectivity index (χ4n) is 3.88. The molecule has 1 aliphatic rings. The summed E-state index contributed by atoms with van der Waals surface area (Å²) in [6.07, 6.45) is -2.99. The van der Waals surface area contributed by atoms with Gasteiger partial charge in [-0.05, 0) is 23.8 Å². The monoisotopic (exact) mass is 456 g/mol. The zero-order valence-corrected chi connectivity index (χ0v) is 17.1. The molecule has 4 aromatic rings. The number of carbonyl (C=O) groups is 1. The second-order valence-corrected chi connectivity index (χ2v) is 7.47. The van der Waals surface area contributed by atoms with Gasteiger partial charge < -0.3 is 8.83 Å². The Balaban J connectivity index is 1.54. The molecule has 0 atom stereocenters. The molecule has 0 bridgehead atoms. The van der Waals surface area contributed by atoms with Crippen LogP contribution < -0.4 is 0 Å². The number of nitriles is 2. The summed E-state index contributed by atoms with van der Waals surface area (Å²) in [5.41, 5.74) is 1.42. The van der Waals surface area contributed by atoms with Crippen molar-refractivity contribution in [2.75, 3.05) is 0 Å². The summed E-state index contributed by atoms with van der Waals surface area (Å²) in [5, 5.41) is 18.8.